The summed E-state index contributed by atoms with van der Waals surface area (Å²) in [5, 5.41) is 3.17. The summed E-state index contributed by atoms with van der Waals surface area (Å²) in [5.41, 5.74) is 3.74. The van der Waals surface area contributed by atoms with Crippen LogP contribution in [-0.4, -0.2) is 44.7 Å². The number of likely N-dealkylation sites (tertiary alicyclic amines) is 1. The molecule has 2 aromatic rings. The van der Waals surface area contributed by atoms with Crippen molar-refractivity contribution in [2.24, 2.45) is 11.3 Å². The van der Waals surface area contributed by atoms with E-state index in [1.54, 1.807) is 14.2 Å². The minimum atomic E-state index is 0.197. The van der Waals surface area contributed by atoms with Crippen molar-refractivity contribution < 1.29 is 14.3 Å². The molecule has 2 aliphatic rings. The van der Waals surface area contributed by atoms with Gasteiger partial charge in [0, 0.05) is 30.1 Å². The molecule has 1 aliphatic heterocycles. The first-order valence-corrected chi connectivity index (χ1v) is 11.3. The number of amides is 1. The van der Waals surface area contributed by atoms with E-state index < -0.39 is 0 Å². The van der Waals surface area contributed by atoms with Crippen LogP contribution in [0, 0.1) is 18.3 Å². The van der Waals surface area contributed by atoms with Crippen molar-refractivity contribution in [1.29, 1.82) is 0 Å². The van der Waals surface area contributed by atoms with Gasteiger partial charge in [-0.15, -0.1) is 0 Å². The molecule has 5 heteroatoms. The molecule has 1 saturated carbocycles. The van der Waals surface area contributed by atoms with Crippen molar-refractivity contribution in [1.82, 2.24) is 10.2 Å². The lowest BCUT2D eigenvalue weighted by Gasteiger charge is -2.33. The highest BCUT2D eigenvalue weighted by molar-refractivity contribution is 5.82. The van der Waals surface area contributed by atoms with E-state index in [-0.39, 0.29) is 17.2 Å². The second-order valence-electron chi connectivity index (χ2n) is 9.01. The minimum Gasteiger partial charge on any atom is -0.496 e. The van der Waals surface area contributed by atoms with Gasteiger partial charge in [-0.25, -0.2) is 0 Å². The van der Waals surface area contributed by atoms with Gasteiger partial charge in [-0.1, -0.05) is 36.4 Å². The Bertz CT molecular complexity index is 904. The topological polar surface area (TPSA) is 50.8 Å². The molecule has 2 aromatic carbocycles. The smallest absolute Gasteiger partial charge is 0.223 e. The van der Waals surface area contributed by atoms with E-state index in [2.05, 4.69) is 28.4 Å². The number of methoxy groups -OCH3 is 2. The van der Waals surface area contributed by atoms with Crippen molar-refractivity contribution in [3.05, 3.63) is 59.2 Å². The maximum absolute atomic E-state index is 12.7. The van der Waals surface area contributed by atoms with Gasteiger partial charge < -0.3 is 14.8 Å². The van der Waals surface area contributed by atoms with E-state index >= 15 is 0 Å². The van der Waals surface area contributed by atoms with Crippen LogP contribution in [0.2, 0.25) is 0 Å². The summed E-state index contributed by atoms with van der Waals surface area (Å²) >= 11 is 0. The summed E-state index contributed by atoms with van der Waals surface area (Å²) in [6.45, 7) is 5.69. The van der Waals surface area contributed by atoms with E-state index in [1.807, 2.05) is 31.2 Å². The molecule has 0 radical (unpaired) electrons. The molecular formula is C26H34N2O3. The zero-order chi connectivity index (χ0) is 21.8. The molecule has 166 valence electrons. The molecule has 1 amide bonds. The minimum absolute atomic E-state index is 0.197. The molecule has 31 heavy (non-hydrogen) atoms. The fourth-order valence-corrected chi connectivity index (χ4v) is 5.13. The molecule has 1 N–H and O–H groups in total. The molecule has 5 nitrogen and oxygen atoms in total. The Balaban J connectivity index is 1.26. The molecule has 1 atom stereocenters. The van der Waals surface area contributed by atoms with E-state index in [4.69, 9.17) is 9.47 Å². The van der Waals surface area contributed by atoms with Crippen molar-refractivity contribution >= 4 is 5.91 Å². The third-order valence-corrected chi connectivity index (χ3v) is 7.17. The van der Waals surface area contributed by atoms with Gasteiger partial charge in [-0.05, 0) is 62.7 Å². The lowest BCUT2D eigenvalue weighted by atomic mass is 9.90. The second kappa shape index (κ2) is 9.31. The molecule has 4 rings (SSSR count). The van der Waals surface area contributed by atoms with Gasteiger partial charge >= 0.3 is 0 Å². The number of nitrogens with one attached hydrogen (secondary N) is 1. The van der Waals surface area contributed by atoms with Gasteiger partial charge in [0.1, 0.15) is 11.5 Å². The normalized spacial score (nSPS) is 19.8. The Labute approximate surface area is 185 Å². The Morgan fingerprint density at radius 1 is 1.10 bits per heavy atom. The van der Waals surface area contributed by atoms with Crippen LogP contribution in [0.4, 0.5) is 0 Å². The number of hydrogen-bond acceptors (Lipinski definition) is 4. The zero-order valence-corrected chi connectivity index (χ0v) is 18.9. The first-order chi connectivity index (χ1) is 15.1. The van der Waals surface area contributed by atoms with E-state index in [0.717, 1.165) is 68.9 Å². The average molecular weight is 423 g/mol. The number of nitrogens with zero attached hydrogens (tertiary/aromatic N) is 1. The lowest BCUT2D eigenvalue weighted by molar-refractivity contribution is -0.123. The first-order valence-electron chi connectivity index (χ1n) is 11.3. The Kier molecular flexibility index (Phi) is 6.51. The predicted octanol–water partition coefficient (Wildman–Crippen LogP) is 3.97. The van der Waals surface area contributed by atoms with Crippen LogP contribution in [0.15, 0.2) is 42.5 Å². The third-order valence-electron chi connectivity index (χ3n) is 7.17. The van der Waals surface area contributed by atoms with Crippen LogP contribution in [0.3, 0.4) is 0 Å². The summed E-state index contributed by atoms with van der Waals surface area (Å²) in [4.78, 5) is 15.2. The summed E-state index contributed by atoms with van der Waals surface area (Å²) < 4.78 is 11.1. The highest BCUT2D eigenvalue weighted by Gasteiger charge is 2.58. The molecule has 1 spiro atoms. The van der Waals surface area contributed by atoms with Crippen LogP contribution in [-0.2, 0) is 17.8 Å². The molecular weight excluding hydrogens is 388 g/mol. The first kappa shape index (κ1) is 21.7. The Morgan fingerprint density at radius 3 is 2.52 bits per heavy atom. The number of hydrogen-bond donors (Lipinski definition) is 1. The fourth-order valence-electron chi connectivity index (χ4n) is 5.13. The molecule has 2 fully saturated rings. The standard InChI is InChI=1S/C26H34N2O3/c1-19-23(30-2)10-9-21(24(19)31-3)18-28-15-12-26(13-16-28)17-22(26)25(29)27-14-11-20-7-5-4-6-8-20/h4-10,22H,11-18H2,1-3H3,(H,27,29)/t22-/m0/s1. The number of ether oxygens (including phenoxy) is 2. The van der Waals surface area contributed by atoms with Gasteiger partial charge in [0.25, 0.3) is 0 Å². The zero-order valence-electron chi connectivity index (χ0n) is 18.9. The van der Waals surface area contributed by atoms with Gasteiger partial charge in [-0.3, -0.25) is 9.69 Å². The van der Waals surface area contributed by atoms with Gasteiger partial charge in [0.2, 0.25) is 5.91 Å². The number of carbonyl (C=O) groups excluding carboxylic acids is 1. The SMILES string of the molecule is COc1ccc(CN2CCC3(CC2)C[C@H]3C(=O)NCCc2ccccc2)c(OC)c1C. The molecule has 0 bridgehead atoms. The molecule has 1 aliphatic carbocycles. The molecule has 1 heterocycles. The summed E-state index contributed by atoms with van der Waals surface area (Å²) in [5.74, 6) is 2.22. The monoisotopic (exact) mass is 422 g/mol. The van der Waals surface area contributed by atoms with Crippen LogP contribution in [0.5, 0.6) is 11.5 Å². The number of piperidine rings is 1. The summed E-state index contributed by atoms with van der Waals surface area (Å²) in [7, 11) is 3.41. The van der Waals surface area contributed by atoms with Crippen molar-refractivity contribution in [3.8, 4) is 11.5 Å². The number of carbonyl (C=O) groups is 1. The fraction of sp³-hybridized carbons (Fsp3) is 0.500. The van der Waals surface area contributed by atoms with Gasteiger partial charge in [-0.2, -0.15) is 0 Å². The largest absolute Gasteiger partial charge is 0.496 e. The van der Waals surface area contributed by atoms with Crippen molar-refractivity contribution in [2.45, 2.75) is 39.2 Å². The van der Waals surface area contributed by atoms with Crippen LogP contribution >= 0.6 is 0 Å². The van der Waals surface area contributed by atoms with Gasteiger partial charge in [0.05, 0.1) is 14.2 Å². The number of rotatable bonds is 8. The highest BCUT2D eigenvalue weighted by Crippen LogP contribution is 2.59. The quantitative estimate of drug-likeness (QED) is 0.699. The maximum atomic E-state index is 12.7. The third kappa shape index (κ3) is 4.72. The molecule has 1 saturated heterocycles. The highest BCUT2D eigenvalue weighted by atomic mass is 16.5. The van der Waals surface area contributed by atoms with Crippen molar-refractivity contribution in [2.75, 3.05) is 33.9 Å². The summed E-state index contributed by atoms with van der Waals surface area (Å²) in [6.07, 6.45) is 4.13. The van der Waals surface area contributed by atoms with Crippen molar-refractivity contribution in [3.63, 3.8) is 0 Å². The van der Waals surface area contributed by atoms with Crippen LogP contribution < -0.4 is 14.8 Å². The Morgan fingerprint density at radius 2 is 1.84 bits per heavy atom. The predicted molar refractivity (Wildman–Crippen MR) is 122 cm³/mol. The van der Waals surface area contributed by atoms with Gasteiger partial charge in [0.15, 0.2) is 0 Å². The molecule has 0 unspecified atom stereocenters. The van der Waals surface area contributed by atoms with E-state index in [1.165, 1.54) is 11.1 Å². The van der Waals surface area contributed by atoms with Crippen LogP contribution in [0.25, 0.3) is 0 Å². The maximum Gasteiger partial charge on any atom is 0.223 e. The Hall–Kier alpha value is -2.53. The second-order valence-corrected chi connectivity index (χ2v) is 9.01. The summed E-state index contributed by atoms with van der Waals surface area (Å²) in [6, 6.07) is 14.5. The lowest BCUT2D eigenvalue weighted by Crippen LogP contribution is -2.37. The van der Waals surface area contributed by atoms with E-state index in [0.29, 0.717) is 0 Å². The van der Waals surface area contributed by atoms with E-state index in [9.17, 15) is 4.79 Å². The average Bonchev–Trinajstić information content (AvgIpc) is 3.50. The molecule has 0 aromatic heterocycles. The number of benzene rings is 2. The van der Waals surface area contributed by atoms with Crippen LogP contribution in [0.1, 0.15) is 36.0 Å².